The molecule has 14 heavy (non-hydrogen) atoms. The summed E-state index contributed by atoms with van der Waals surface area (Å²) in [5.74, 6) is -1.28. The molecule has 2 rings (SSSR count). The van der Waals surface area contributed by atoms with Gasteiger partial charge in [-0.2, -0.15) is 0 Å². The van der Waals surface area contributed by atoms with Crippen molar-refractivity contribution >= 4 is 11.9 Å². The van der Waals surface area contributed by atoms with Gasteiger partial charge in [0.05, 0.1) is 6.26 Å². The van der Waals surface area contributed by atoms with E-state index in [-0.39, 0.29) is 17.9 Å². The van der Waals surface area contributed by atoms with E-state index in [1.807, 2.05) is 0 Å². The Bertz CT molecular complexity index is 378. The largest absolute Gasteiger partial charge is 0.456 e. The van der Waals surface area contributed by atoms with E-state index >= 15 is 0 Å². The van der Waals surface area contributed by atoms with Crippen LogP contribution < -0.4 is 0 Å². The molecule has 0 spiro atoms. The molecule has 74 valence electrons. The molecule has 1 atom stereocenters. The van der Waals surface area contributed by atoms with Crippen LogP contribution in [-0.2, 0) is 9.47 Å². The molecule has 0 N–H and O–H groups in total. The predicted octanol–water partition coefficient (Wildman–Crippen LogP) is 0.995. The van der Waals surface area contributed by atoms with Gasteiger partial charge in [-0.15, -0.1) is 0 Å². The molecule has 0 saturated heterocycles. The number of furan rings is 1. The first-order chi connectivity index (χ1) is 6.68. The third-order valence-electron chi connectivity index (χ3n) is 1.83. The maximum absolute atomic E-state index is 11.4. The quantitative estimate of drug-likeness (QED) is 0.579. The van der Waals surface area contributed by atoms with Crippen molar-refractivity contribution < 1.29 is 23.5 Å². The lowest BCUT2D eigenvalue weighted by molar-refractivity contribution is -0.00147. The van der Waals surface area contributed by atoms with E-state index in [9.17, 15) is 9.59 Å². The van der Waals surface area contributed by atoms with Crippen molar-refractivity contribution in [2.45, 2.75) is 13.0 Å². The fourth-order valence-corrected chi connectivity index (χ4v) is 1.17. The molecule has 2 heterocycles. The van der Waals surface area contributed by atoms with Crippen LogP contribution in [0.3, 0.4) is 0 Å². The Hall–Kier alpha value is -1.78. The normalized spacial score (nSPS) is 21.6. The third kappa shape index (κ3) is 1.37. The molecule has 1 unspecified atom stereocenters. The molecule has 0 amide bonds. The van der Waals surface area contributed by atoms with Crippen molar-refractivity contribution in [3.8, 4) is 0 Å². The molecule has 0 bridgehead atoms. The summed E-state index contributed by atoms with van der Waals surface area (Å²) in [6.07, 6.45) is 0.817. The average Bonchev–Trinajstić information content (AvgIpc) is 2.60. The first-order valence-electron chi connectivity index (χ1n) is 4.14. The summed E-state index contributed by atoms with van der Waals surface area (Å²) in [6, 6.07) is 1.39. The van der Waals surface area contributed by atoms with Crippen molar-refractivity contribution in [1.82, 2.24) is 0 Å². The minimum atomic E-state index is -0.631. The van der Waals surface area contributed by atoms with E-state index in [0.717, 1.165) is 0 Å². The summed E-state index contributed by atoms with van der Waals surface area (Å²) in [4.78, 5) is 22.7. The van der Waals surface area contributed by atoms with Crippen molar-refractivity contribution in [3.05, 3.63) is 23.7 Å². The zero-order valence-electron chi connectivity index (χ0n) is 7.48. The average molecular weight is 196 g/mol. The molecule has 0 aliphatic carbocycles. The third-order valence-corrected chi connectivity index (χ3v) is 1.83. The van der Waals surface area contributed by atoms with Crippen LogP contribution in [0.2, 0.25) is 0 Å². The highest BCUT2D eigenvalue weighted by Gasteiger charge is 2.27. The van der Waals surface area contributed by atoms with Gasteiger partial charge in [0.25, 0.3) is 0 Å². The molecule has 1 aliphatic rings. The Kier molecular flexibility index (Phi) is 1.99. The fourth-order valence-electron chi connectivity index (χ4n) is 1.17. The van der Waals surface area contributed by atoms with Gasteiger partial charge in [0, 0.05) is 0 Å². The van der Waals surface area contributed by atoms with E-state index in [1.165, 1.54) is 12.3 Å². The Labute approximate surface area is 79.6 Å². The number of cyclic esters (lactones) is 2. The minimum Gasteiger partial charge on any atom is -0.456 e. The number of carbonyl (C=O) groups excluding carboxylic acids is 2. The number of rotatable bonds is 0. The van der Waals surface area contributed by atoms with E-state index in [2.05, 4.69) is 0 Å². The highest BCUT2D eigenvalue weighted by atomic mass is 16.6. The number of fused-ring (bicyclic) bond motifs is 1. The van der Waals surface area contributed by atoms with Crippen LogP contribution in [0.5, 0.6) is 0 Å². The number of ether oxygens (including phenoxy) is 2. The van der Waals surface area contributed by atoms with E-state index < -0.39 is 18.0 Å². The van der Waals surface area contributed by atoms with Crippen LogP contribution in [0.4, 0.5) is 0 Å². The Balaban J connectivity index is 2.41. The van der Waals surface area contributed by atoms with Crippen molar-refractivity contribution in [1.29, 1.82) is 0 Å². The van der Waals surface area contributed by atoms with Gasteiger partial charge in [-0.25, -0.2) is 9.59 Å². The van der Waals surface area contributed by atoms with E-state index in [0.29, 0.717) is 0 Å². The summed E-state index contributed by atoms with van der Waals surface area (Å²) < 4.78 is 14.6. The summed E-state index contributed by atoms with van der Waals surface area (Å²) in [5, 5.41) is 0. The summed E-state index contributed by atoms with van der Waals surface area (Å²) in [5.41, 5.74) is 0.113. The Morgan fingerprint density at radius 3 is 2.93 bits per heavy atom. The van der Waals surface area contributed by atoms with E-state index in [1.54, 1.807) is 6.92 Å². The summed E-state index contributed by atoms with van der Waals surface area (Å²) in [7, 11) is 0. The second-order valence-electron chi connectivity index (χ2n) is 2.98. The van der Waals surface area contributed by atoms with Gasteiger partial charge in [-0.3, -0.25) is 0 Å². The molecule has 1 aromatic heterocycles. The second kappa shape index (κ2) is 3.17. The number of carbonyl (C=O) groups is 2. The molecule has 0 aromatic carbocycles. The van der Waals surface area contributed by atoms with Crippen LogP contribution in [-0.4, -0.2) is 24.6 Å². The van der Waals surface area contributed by atoms with Crippen molar-refractivity contribution in [2.24, 2.45) is 0 Å². The van der Waals surface area contributed by atoms with Crippen LogP contribution in [0.1, 0.15) is 27.8 Å². The Morgan fingerprint density at radius 1 is 1.36 bits per heavy atom. The molecular formula is C9H8O5. The number of hydrogen-bond acceptors (Lipinski definition) is 5. The topological polar surface area (TPSA) is 65.7 Å². The first kappa shape index (κ1) is 8.80. The summed E-state index contributed by atoms with van der Waals surface area (Å²) >= 11 is 0. The lowest BCUT2D eigenvalue weighted by Gasteiger charge is -2.15. The van der Waals surface area contributed by atoms with Gasteiger partial charge in [0.1, 0.15) is 18.3 Å². The van der Waals surface area contributed by atoms with Gasteiger partial charge < -0.3 is 13.9 Å². The van der Waals surface area contributed by atoms with Gasteiger partial charge in [0.15, 0.2) is 0 Å². The smallest absolute Gasteiger partial charge is 0.375 e. The minimum absolute atomic E-state index is 0.0463. The predicted molar refractivity (Wildman–Crippen MR) is 43.9 cm³/mol. The molecule has 1 aliphatic heterocycles. The fraction of sp³-hybridized carbons (Fsp3) is 0.333. The Morgan fingerprint density at radius 2 is 2.14 bits per heavy atom. The number of hydrogen-bond donors (Lipinski definition) is 0. The molecule has 1 aromatic rings. The molecule has 5 heteroatoms. The van der Waals surface area contributed by atoms with Crippen LogP contribution >= 0.6 is 0 Å². The SMILES string of the molecule is CC1COC(=O)c2occc2C(=O)O1. The van der Waals surface area contributed by atoms with E-state index in [4.69, 9.17) is 13.9 Å². The summed E-state index contributed by atoms with van der Waals surface area (Å²) in [6.45, 7) is 1.70. The first-order valence-corrected chi connectivity index (χ1v) is 4.14. The zero-order valence-corrected chi connectivity index (χ0v) is 7.48. The van der Waals surface area contributed by atoms with Gasteiger partial charge >= 0.3 is 11.9 Å². The van der Waals surface area contributed by atoms with Crippen molar-refractivity contribution in [2.75, 3.05) is 6.61 Å². The van der Waals surface area contributed by atoms with Crippen molar-refractivity contribution in [3.63, 3.8) is 0 Å². The van der Waals surface area contributed by atoms with Crippen LogP contribution in [0.15, 0.2) is 16.7 Å². The van der Waals surface area contributed by atoms with Gasteiger partial charge in [0.2, 0.25) is 5.76 Å². The molecule has 0 fully saturated rings. The van der Waals surface area contributed by atoms with Crippen LogP contribution in [0, 0.1) is 0 Å². The second-order valence-corrected chi connectivity index (χ2v) is 2.98. The highest BCUT2D eigenvalue weighted by molar-refractivity contribution is 6.01. The molecule has 5 nitrogen and oxygen atoms in total. The standard InChI is InChI=1S/C9H8O5/c1-5-4-13-9(11)7-6(2-3-12-7)8(10)14-5/h2-3,5H,4H2,1H3. The molecule has 0 saturated carbocycles. The maximum atomic E-state index is 11.4. The molecular weight excluding hydrogens is 188 g/mol. The maximum Gasteiger partial charge on any atom is 0.375 e. The number of esters is 2. The zero-order chi connectivity index (χ0) is 10.1. The highest BCUT2D eigenvalue weighted by Crippen LogP contribution is 2.16. The van der Waals surface area contributed by atoms with Gasteiger partial charge in [-0.05, 0) is 13.0 Å². The monoisotopic (exact) mass is 196 g/mol. The molecule has 0 radical (unpaired) electrons. The lowest BCUT2D eigenvalue weighted by Crippen LogP contribution is -2.26. The van der Waals surface area contributed by atoms with Crippen LogP contribution in [0.25, 0.3) is 0 Å². The lowest BCUT2D eigenvalue weighted by atomic mass is 10.2. The van der Waals surface area contributed by atoms with Gasteiger partial charge in [-0.1, -0.05) is 0 Å².